The number of hydrogen-bond donors (Lipinski definition) is 0. The fourth-order valence-electron chi connectivity index (χ4n) is 2.51. The summed E-state index contributed by atoms with van der Waals surface area (Å²) in [7, 11) is 0. The SMILES string of the molecule is CC(C)Oc1ccc2ccccc2c1-c1ccccc1. The average molecular weight is 262 g/mol. The van der Waals surface area contributed by atoms with Crippen LogP contribution in [-0.2, 0) is 0 Å². The van der Waals surface area contributed by atoms with Crippen molar-refractivity contribution in [1.29, 1.82) is 0 Å². The van der Waals surface area contributed by atoms with Crippen molar-refractivity contribution in [3.63, 3.8) is 0 Å². The highest BCUT2D eigenvalue weighted by atomic mass is 16.5. The number of benzene rings is 3. The van der Waals surface area contributed by atoms with E-state index >= 15 is 0 Å². The molecule has 0 N–H and O–H groups in total. The second-order valence-corrected chi connectivity index (χ2v) is 5.19. The zero-order valence-corrected chi connectivity index (χ0v) is 11.8. The normalized spacial score (nSPS) is 10.9. The smallest absolute Gasteiger partial charge is 0.128 e. The molecule has 0 radical (unpaired) electrons. The maximum Gasteiger partial charge on any atom is 0.128 e. The summed E-state index contributed by atoms with van der Waals surface area (Å²) < 4.78 is 6.01. The van der Waals surface area contributed by atoms with Crippen molar-refractivity contribution < 1.29 is 4.74 Å². The van der Waals surface area contributed by atoms with Crippen molar-refractivity contribution in [2.75, 3.05) is 0 Å². The zero-order chi connectivity index (χ0) is 13.9. The van der Waals surface area contributed by atoms with Crippen molar-refractivity contribution in [1.82, 2.24) is 0 Å². The molecule has 0 saturated heterocycles. The van der Waals surface area contributed by atoms with E-state index in [1.54, 1.807) is 0 Å². The molecule has 3 rings (SSSR count). The molecule has 0 saturated carbocycles. The molecule has 0 heterocycles. The van der Waals surface area contributed by atoms with Gasteiger partial charge < -0.3 is 4.74 Å². The summed E-state index contributed by atoms with van der Waals surface area (Å²) in [5, 5.41) is 2.47. The topological polar surface area (TPSA) is 9.23 Å². The lowest BCUT2D eigenvalue weighted by molar-refractivity contribution is 0.244. The fourth-order valence-corrected chi connectivity index (χ4v) is 2.51. The maximum absolute atomic E-state index is 6.01. The fraction of sp³-hybridized carbons (Fsp3) is 0.158. The van der Waals surface area contributed by atoms with Crippen LogP contribution < -0.4 is 4.74 Å². The minimum Gasteiger partial charge on any atom is -0.490 e. The average Bonchev–Trinajstić information content (AvgIpc) is 2.47. The summed E-state index contributed by atoms with van der Waals surface area (Å²) in [6.45, 7) is 4.12. The highest BCUT2D eigenvalue weighted by molar-refractivity contribution is 5.99. The summed E-state index contributed by atoms with van der Waals surface area (Å²) in [6, 6.07) is 23.1. The Hall–Kier alpha value is -2.28. The third kappa shape index (κ3) is 2.39. The Morgan fingerprint density at radius 2 is 1.45 bits per heavy atom. The van der Waals surface area contributed by atoms with E-state index in [0.717, 1.165) is 5.75 Å². The Morgan fingerprint density at radius 1 is 0.750 bits per heavy atom. The molecule has 20 heavy (non-hydrogen) atoms. The highest BCUT2D eigenvalue weighted by Gasteiger charge is 2.11. The molecule has 1 heteroatoms. The standard InChI is InChI=1S/C19H18O/c1-14(2)20-18-13-12-15-8-6-7-11-17(15)19(18)16-9-4-3-5-10-16/h3-14H,1-2H3. The van der Waals surface area contributed by atoms with Gasteiger partial charge in [0.1, 0.15) is 5.75 Å². The Bertz CT molecular complexity index is 714. The molecule has 3 aromatic carbocycles. The lowest BCUT2D eigenvalue weighted by Crippen LogP contribution is -2.06. The van der Waals surface area contributed by atoms with Gasteiger partial charge in [-0.05, 0) is 36.2 Å². The Morgan fingerprint density at radius 3 is 2.20 bits per heavy atom. The predicted octanol–water partition coefficient (Wildman–Crippen LogP) is 5.29. The van der Waals surface area contributed by atoms with Gasteiger partial charge in [0.15, 0.2) is 0 Å². The molecule has 0 aliphatic rings. The van der Waals surface area contributed by atoms with Crippen LogP contribution in [0.25, 0.3) is 21.9 Å². The molecule has 0 amide bonds. The van der Waals surface area contributed by atoms with Crippen LogP contribution in [0.4, 0.5) is 0 Å². The van der Waals surface area contributed by atoms with Gasteiger partial charge in [-0.3, -0.25) is 0 Å². The minimum absolute atomic E-state index is 0.165. The van der Waals surface area contributed by atoms with Crippen LogP contribution in [0.2, 0.25) is 0 Å². The summed E-state index contributed by atoms with van der Waals surface area (Å²) in [5.74, 6) is 0.949. The molecule has 3 aromatic rings. The quantitative estimate of drug-likeness (QED) is 0.623. The highest BCUT2D eigenvalue weighted by Crippen LogP contribution is 2.37. The molecule has 100 valence electrons. The van der Waals surface area contributed by atoms with Crippen molar-refractivity contribution in [2.24, 2.45) is 0 Å². The van der Waals surface area contributed by atoms with Gasteiger partial charge in [-0.2, -0.15) is 0 Å². The van der Waals surface area contributed by atoms with Crippen molar-refractivity contribution in [3.05, 3.63) is 66.7 Å². The van der Waals surface area contributed by atoms with E-state index in [2.05, 4.69) is 74.5 Å². The molecular weight excluding hydrogens is 244 g/mol. The monoisotopic (exact) mass is 262 g/mol. The Balaban J connectivity index is 2.29. The Labute approximate surface area is 119 Å². The van der Waals surface area contributed by atoms with Gasteiger partial charge in [0, 0.05) is 5.56 Å². The summed E-state index contributed by atoms with van der Waals surface area (Å²) in [5.41, 5.74) is 2.37. The first-order valence-electron chi connectivity index (χ1n) is 6.99. The van der Waals surface area contributed by atoms with Crippen molar-refractivity contribution in [3.8, 4) is 16.9 Å². The molecule has 0 aromatic heterocycles. The third-order valence-corrected chi connectivity index (χ3v) is 3.32. The summed E-state index contributed by atoms with van der Waals surface area (Å²) >= 11 is 0. The van der Waals surface area contributed by atoms with Gasteiger partial charge in [-0.15, -0.1) is 0 Å². The van der Waals surface area contributed by atoms with Crippen molar-refractivity contribution in [2.45, 2.75) is 20.0 Å². The zero-order valence-electron chi connectivity index (χ0n) is 11.8. The van der Waals surface area contributed by atoms with Gasteiger partial charge in [0.2, 0.25) is 0 Å². The van der Waals surface area contributed by atoms with Crippen LogP contribution in [-0.4, -0.2) is 6.10 Å². The van der Waals surface area contributed by atoms with Crippen LogP contribution in [0.15, 0.2) is 66.7 Å². The molecular formula is C19H18O. The maximum atomic E-state index is 6.01. The molecule has 0 unspecified atom stereocenters. The van der Waals surface area contributed by atoms with Gasteiger partial charge in [0.25, 0.3) is 0 Å². The molecule has 0 fully saturated rings. The third-order valence-electron chi connectivity index (χ3n) is 3.32. The number of fused-ring (bicyclic) bond motifs is 1. The van der Waals surface area contributed by atoms with E-state index in [0.29, 0.717) is 0 Å². The summed E-state index contributed by atoms with van der Waals surface area (Å²) in [6.07, 6.45) is 0.165. The first-order chi connectivity index (χ1) is 9.75. The van der Waals surface area contributed by atoms with E-state index in [1.807, 2.05) is 6.07 Å². The lowest BCUT2D eigenvalue weighted by Gasteiger charge is -2.16. The van der Waals surface area contributed by atoms with Crippen molar-refractivity contribution >= 4 is 10.8 Å². The van der Waals surface area contributed by atoms with Crippen LogP contribution in [0.1, 0.15) is 13.8 Å². The number of ether oxygens (including phenoxy) is 1. The van der Waals surface area contributed by atoms with Crippen LogP contribution >= 0.6 is 0 Å². The molecule has 1 nitrogen and oxygen atoms in total. The van der Waals surface area contributed by atoms with Crippen LogP contribution in [0.5, 0.6) is 5.75 Å². The van der Waals surface area contributed by atoms with E-state index in [1.165, 1.54) is 21.9 Å². The predicted molar refractivity (Wildman–Crippen MR) is 85.1 cm³/mol. The number of rotatable bonds is 3. The largest absolute Gasteiger partial charge is 0.490 e. The van der Waals surface area contributed by atoms with Gasteiger partial charge in [-0.1, -0.05) is 60.7 Å². The van der Waals surface area contributed by atoms with E-state index < -0.39 is 0 Å². The van der Waals surface area contributed by atoms with Crippen LogP contribution in [0, 0.1) is 0 Å². The first kappa shape index (κ1) is 12.7. The molecule has 0 aliphatic heterocycles. The Kier molecular flexibility index (Phi) is 3.42. The first-order valence-corrected chi connectivity index (χ1v) is 6.99. The lowest BCUT2D eigenvalue weighted by atomic mass is 9.97. The summed E-state index contributed by atoms with van der Waals surface area (Å²) in [4.78, 5) is 0. The molecule has 0 aliphatic carbocycles. The van der Waals surface area contributed by atoms with Gasteiger partial charge in [0.05, 0.1) is 6.10 Å². The van der Waals surface area contributed by atoms with E-state index in [9.17, 15) is 0 Å². The van der Waals surface area contributed by atoms with Crippen LogP contribution in [0.3, 0.4) is 0 Å². The molecule has 0 spiro atoms. The second kappa shape index (κ2) is 5.38. The minimum atomic E-state index is 0.165. The molecule has 0 bridgehead atoms. The number of hydrogen-bond acceptors (Lipinski definition) is 1. The second-order valence-electron chi connectivity index (χ2n) is 5.19. The van der Waals surface area contributed by atoms with Gasteiger partial charge >= 0.3 is 0 Å². The van der Waals surface area contributed by atoms with Gasteiger partial charge in [-0.25, -0.2) is 0 Å². The molecule has 0 atom stereocenters. The van der Waals surface area contributed by atoms with E-state index in [4.69, 9.17) is 4.74 Å². The van der Waals surface area contributed by atoms with E-state index in [-0.39, 0.29) is 6.10 Å².